The summed E-state index contributed by atoms with van der Waals surface area (Å²) in [6, 6.07) is 12.0. The summed E-state index contributed by atoms with van der Waals surface area (Å²) in [7, 11) is 1.74. The molecule has 0 N–H and O–H groups in total. The Morgan fingerprint density at radius 3 is 2.61 bits per heavy atom. The molecule has 1 aromatic heterocycles. The van der Waals surface area contributed by atoms with E-state index in [-0.39, 0.29) is 11.8 Å². The van der Waals surface area contributed by atoms with Gasteiger partial charge < -0.3 is 4.90 Å². The molecular formula is C18H22N4O. The normalized spacial score (nSPS) is 11.8. The van der Waals surface area contributed by atoms with Crippen molar-refractivity contribution < 1.29 is 4.79 Å². The van der Waals surface area contributed by atoms with Crippen molar-refractivity contribution in [3.63, 3.8) is 0 Å². The van der Waals surface area contributed by atoms with Crippen LogP contribution in [-0.2, 0) is 11.2 Å². The van der Waals surface area contributed by atoms with E-state index >= 15 is 0 Å². The van der Waals surface area contributed by atoms with Gasteiger partial charge in [0.1, 0.15) is 0 Å². The van der Waals surface area contributed by atoms with Crippen molar-refractivity contribution in [3.05, 3.63) is 47.3 Å². The Balaban J connectivity index is 2.20. The Hall–Kier alpha value is -2.61. The Labute approximate surface area is 137 Å². The molecule has 0 unspecified atom stereocenters. The Kier molecular flexibility index (Phi) is 5.17. The maximum absolute atomic E-state index is 12.4. The fraction of sp³-hybridized carbons (Fsp3) is 0.389. The SMILES string of the molecule is Cc1nn(-c2ccccc2)c(C)c1CC(=O)N(C)C[C@@H](C)C#N. The van der Waals surface area contributed by atoms with Crippen molar-refractivity contribution in [2.24, 2.45) is 5.92 Å². The molecule has 0 aliphatic heterocycles. The smallest absolute Gasteiger partial charge is 0.226 e. The minimum Gasteiger partial charge on any atom is -0.344 e. The van der Waals surface area contributed by atoms with E-state index in [0.717, 1.165) is 22.6 Å². The summed E-state index contributed by atoms with van der Waals surface area (Å²) in [5, 5.41) is 13.4. The third-order valence-corrected chi connectivity index (χ3v) is 3.96. The summed E-state index contributed by atoms with van der Waals surface area (Å²) < 4.78 is 1.87. The summed E-state index contributed by atoms with van der Waals surface area (Å²) in [4.78, 5) is 14.0. The minimum atomic E-state index is -0.168. The number of nitrogens with zero attached hydrogens (tertiary/aromatic N) is 4. The second-order valence-electron chi connectivity index (χ2n) is 5.88. The lowest BCUT2D eigenvalue weighted by Gasteiger charge is -2.18. The predicted molar refractivity (Wildman–Crippen MR) is 89.2 cm³/mol. The van der Waals surface area contributed by atoms with Gasteiger partial charge in [-0.1, -0.05) is 18.2 Å². The molecule has 0 saturated heterocycles. The van der Waals surface area contributed by atoms with E-state index in [4.69, 9.17) is 5.26 Å². The molecule has 1 atom stereocenters. The molecule has 5 nitrogen and oxygen atoms in total. The highest BCUT2D eigenvalue weighted by Gasteiger charge is 2.19. The number of benzene rings is 1. The first-order valence-corrected chi connectivity index (χ1v) is 7.68. The molecule has 2 rings (SSSR count). The third kappa shape index (κ3) is 3.78. The van der Waals surface area contributed by atoms with Crippen LogP contribution in [0.4, 0.5) is 0 Å². The second-order valence-corrected chi connectivity index (χ2v) is 5.88. The number of hydrogen-bond donors (Lipinski definition) is 0. The standard InChI is InChI=1S/C18H22N4O/c1-13(11-19)12-21(4)18(23)10-17-14(2)20-22(15(17)3)16-8-6-5-7-9-16/h5-9,13H,10,12H2,1-4H3/t13-/m0/s1. The van der Waals surface area contributed by atoms with E-state index in [1.54, 1.807) is 11.9 Å². The number of carbonyl (C=O) groups excluding carboxylic acids is 1. The summed E-state index contributed by atoms with van der Waals surface area (Å²) in [6.07, 6.45) is 0.305. The van der Waals surface area contributed by atoms with Crippen LogP contribution in [0.1, 0.15) is 23.9 Å². The van der Waals surface area contributed by atoms with Crippen LogP contribution < -0.4 is 0 Å². The molecule has 0 aliphatic carbocycles. The number of nitriles is 1. The molecule has 0 bridgehead atoms. The Bertz CT molecular complexity index is 727. The number of carbonyl (C=O) groups is 1. The van der Waals surface area contributed by atoms with Gasteiger partial charge in [0.15, 0.2) is 0 Å². The highest BCUT2D eigenvalue weighted by molar-refractivity contribution is 5.79. The number of amides is 1. The molecule has 2 aromatic rings. The molecule has 0 fully saturated rings. The Morgan fingerprint density at radius 2 is 2.00 bits per heavy atom. The lowest BCUT2D eigenvalue weighted by Crippen LogP contribution is -2.32. The monoisotopic (exact) mass is 310 g/mol. The number of hydrogen-bond acceptors (Lipinski definition) is 3. The third-order valence-electron chi connectivity index (χ3n) is 3.96. The van der Waals surface area contributed by atoms with Crippen LogP contribution in [0.25, 0.3) is 5.69 Å². The van der Waals surface area contributed by atoms with E-state index in [1.165, 1.54) is 0 Å². The van der Waals surface area contributed by atoms with Gasteiger partial charge in [-0.25, -0.2) is 4.68 Å². The number of para-hydroxylation sites is 1. The maximum atomic E-state index is 12.4. The average molecular weight is 310 g/mol. The van der Waals surface area contributed by atoms with Gasteiger partial charge in [-0.15, -0.1) is 0 Å². The molecule has 0 aliphatic rings. The van der Waals surface area contributed by atoms with Crippen LogP contribution in [-0.4, -0.2) is 34.2 Å². The predicted octanol–water partition coefficient (Wildman–Crippen LogP) is 2.65. The fourth-order valence-electron chi connectivity index (χ4n) is 2.59. The molecule has 0 saturated carbocycles. The zero-order valence-corrected chi connectivity index (χ0v) is 14.1. The first-order valence-electron chi connectivity index (χ1n) is 7.68. The maximum Gasteiger partial charge on any atom is 0.226 e. The average Bonchev–Trinajstić information content (AvgIpc) is 2.83. The number of rotatable bonds is 5. The van der Waals surface area contributed by atoms with Gasteiger partial charge in [-0.2, -0.15) is 10.4 Å². The molecule has 5 heteroatoms. The van der Waals surface area contributed by atoms with Crippen molar-refractivity contribution in [2.45, 2.75) is 27.2 Å². The molecule has 23 heavy (non-hydrogen) atoms. The number of aryl methyl sites for hydroxylation is 1. The number of aromatic nitrogens is 2. The summed E-state index contributed by atoms with van der Waals surface area (Å²) in [6.45, 7) is 6.16. The first kappa shape index (κ1) is 16.8. The van der Waals surface area contributed by atoms with Crippen LogP contribution in [0.3, 0.4) is 0 Å². The van der Waals surface area contributed by atoms with Gasteiger partial charge in [0.25, 0.3) is 0 Å². The molecule has 120 valence electrons. The quantitative estimate of drug-likeness (QED) is 0.853. The van der Waals surface area contributed by atoms with Crippen LogP contribution in [0, 0.1) is 31.1 Å². The summed E-state index contributed by atoms with van der Waals surface area (Å²) >= 11 is 0. The molecule has 1 aromatic carbocycles. The van der Waals surface area contributed by atoms with Crippen LogP contribution >= 0.6 is 0 Å². The van der Waals surface area contributed by atoms with E-state index in [9.17, 15) is 4.79 Å². The first-order chi connectivity index (χ1) is 10.9. The van der Waals surface area contributed by atoms with Crippen molar-refractivity contribution >= 4 is 5.91 Å². The van der Waals surface area contributed by atoms with E-state index in [0.29, 0.717) is 13.0 Å². The van der Waals surface area contributed by atoms with Crippen LogP contribution in [0.5, 0.6) is 0 Å². The largest absolute Gasteiger partial charge is 0.344 e. The van der Waals surface area contributed by atoms with Gasteiger partial charge in [-0.3, -0.25) is 4.79 Å². The van der Waals surface area contributed by atoms with Crippen molar-refractivity contribution in [1.29, 1.82) is 5.26 Å². The molecule has 1 amide bonds. The van der Waals surface area contributed by atoms with Crippen molar-refractivity contribution in [2.75, 3.05) is 13.6 Å². The van der Waals surface area contributed by atoms with Gasteiger partial charge in [0.05, 0.1) is 29.8 Å². The van der Waals surface area contributed by atoms with Crippen molar-refractivity contribution in [3.8, 4) is 11.8 Å². The molecule has 0 radical (unpaired) electrons. The van der Waals surface area contributed by atoms with Crippen molar-refractivity contribution in [1.82, 2.24) is 14.7 Å². The fourth-order valence-corrected chi connectivity index (χ4v) is 2.59. The highest BCUT2D eigenvalue weighted by Crippen LogP contribution is 2.19. The van der Waals surface area contributed by atoms with E-state index in [1.807, 2.05) is 55.8 Å². The van der Waals surface area contributed by atoms with E-state index < -0.39 is 0 Å². The molecular weight excluding hydrogens is 288 g/mol. The zero-order valence-electron chi connectivity index (χ0n) is 14.1. The molecule has 1 heterocycles. The molecule has 0 spiro atoms. The van der Waals surface area contributed by atoms with Crippen LogP contribution in [0.2, 0.25) is 0 Å². The van der Waals surface area contributed by atoms with Crippen LogP contribution in [0.15, 0.2) is 30.3 Å². The van der Waals surface area contributed by atoms with Gasteiger partial charge >= 0.3 is 0 Å². The lowest BCUT2D eigenvalue weighted by molar-refractivity contribution is -0.129. The topological polar surface area (TPSA) is 61.9 Å². The summed E-state index contributed by atoms with van der Waals surface area (Å²) in [5.74, 6) is -0.163. The van der Waals surface area contributed by atoms with E-state index in [2.05, 4.69) is 11.2 Å². The second kappa shape index (κ2) is 7.10. The Morgan fingerprint density at radius 1 is 1.35 bits per heavy atom. The summed E-state index contributed by atoms with van der Waals surface area (Å²) in [5.41, 5.74) is 3.78. The lowest BCUT2D eigenvalue weighted by atomic mass is 10.1. The van der Waals surface area contributed by atoms with Gasteiger partial charge in [0.2, 0.25) is 5.91 Å². The van der Waals surface area contributed by atoms with Gasteiger partial charge in [-0.05, 0) is 32.9 Å². The number of likely N-dealkylation sites (N-methyl/N-ethyl adjacent to an activating group) is 1. The minimum absolute atomic E-state index is 0.00547. The van der Waals surface area contributed by atoms with Gasteiger partial charge in [0, 0.05) is 24.8 Å². The zero-order chi connectivity index (χ0) is 17.0. The highest BCUT2D eigenvalue weighted by atomic mass is 16.2.